The Labute approximate surface area is 124 Å². The van der Waals surface area contributed by atoms with Gasteiger partial charge in [0.1, 0.15) is 11.2 Å². The van der Waals surface area contributed by atoms with Crippen molar-refractivity contribution in [1.29, 1.82) is 0 Å². The second kappa shape index (κ2) is 5.39. The molecule has 0 spiro atoms. The Hall–Kier alpha value is -2.04. The lowest BCUT2D eigenvalue weighted by atomic mass is 9.69. The van der Waals surface area contributed by atoms with Crippen LogP contribution in [0.15, 0.2) is 24.3 Å². The molecular formula is C16H20O5. The number of ether oxygens (including phenoxy) is 3. The minimum atomic E-state index is -1.01. The summed E-state index contributed by atoms with van der Waals surface area (Å²) in [7, 11) is 2.92. The Morgan fingerprint density at radius 1 is 1.24 bits per heavy atom. The SMILES string of the molecule is COC(=O)C(C)(C)[C@@]1(c2ccc(OC)cc2)CCC(=O)O1. The lowest BCUT2D eigenvalue weighted by molar-refractivity contribution is -0.179. The van der Waals surface area contributed by atoms with Crippen LogP contribution >= 0.6 is 0 Å². The van der Waals surface area contributed by atoms with Crippen LogP contribution in [0.4, 0.5) is 0 Å². The first-order valence-electron chi connectivity index (χ1n) is 6.82. The molecule has 0 N–H and O–H groups in total. The molecule has 1 saturated heterocycles. The quantitative estimate of drug-likeness (QED) is 0.798. The molecule has 114 valence electrons. The van der Waals surface area contributed by atoms with Crippen LogP contribution < -0.4 is 4.74 Å². The number of esters is 2. The first kappa shape index (κ1) is 15.4. The van der Waals surface area contributed by atoms with Crippen molar-refractivity contribution >= 4 is 11.9 Å². The summed E-state index contributed by atoms with van der Waals surface area (Å²) < 4.78 is 15.7. The summed E-state index contributed by atoms with van der Waals surface area (Å²) in [5.74, 6) is -0.00934. The van der Waals surface area contributed by atoms with Gasteiger partial charge in [0.15, 0.2) is 5.60 Å². The van der Waals surface area contributed by atoms with Gasteiger partial charge >= 0.3 is 11.9 Å². The van der Waals surface area contributed by atoms with Crippen molar-refractivity contribution < 1.29 is 23.8 Å². The number of hydrogen-bond donors (Lipinski definition) is 0. The van der Waals surface area contributed by atoms with Gasteiger partial charge in [-0.1, -0.05) is 12.1 Å². The first-order chi connectivity index (χ1) is 9.87. The van der Waals surface area contributed by atoms with Gasteiger partial charge in [-0.2, -0.15) is 0 Å². The van der Waals surface area contributed by atoms with Crippen molar-refractivity contribution in [2.45, 2.75) is 32.3 Å². The van der Waals surface area contributed by atoms with E-state index in [2.05, 4.69) is 0 Å². The minimum Gasteiger partial charge on any atom is -0.497 e. The second-order valence-electron chi connectivity index (χ2n) is 5.65. The summed E-state index contributed by atoms with van der Waals surface area (Å²) in [6.45, 7) is 3.48. The van der Waals surface area contributed by atoms with E-state index in [9.17, 15) is 9.59 Å². The number of carbonyl (C=O) groups excluding carboxylic acids is 2. The third-order valence-corrected chi connectivity index (χ3v) is 4.23. The summed E-state index contributed by atoms with van der Waals surface area (Å²) in [5, 5.41) is 0. The molecule has 1 aromatic rings. The molecule has 0 bridgehead atoms. The molecule has 0 radical (unpaired) electrons. The number of hydrogen-bond acceptors (Lipinski definition) is 5. The fourth-order valence-corrected chi connectivity index (χ4v) is 2.86. The van der Waals surface area contributed by atoms with Crippen LogP contribution in [0.25, 0.3) is 0 Å². The molecule has 1 aliphatic rings. The average Bonchev–Trinajstić information content (AvgIpc) is 2.90. The van der Waals surface area contributed by atoms with Crippen molar-refractivity contribution in [2.24, 2.45) is 5.41 Å². The zero-order valence-electron chi connectivity index (χ0n) is 12.8. The molecule has 1 fully saturated rings. The largest absolute Gasteiger partial charge is 0.497 e. The summed E-state index contributed by atoms with van der Waals surface area (Å²) in [4.78, 5) is 23.9. The van der Waals surface area contributed by atoms with Crippen LogP contribution in [0.1, 0.15) is 32.3 Å². The molecule has 1 aromatic carbocycles. The predicted octanol–water partition coefficient (Wildman–Crippen LogP) is 2.43. The molecule has 5 heteroatoms. The summed E-state index contributed by atoms with van der Waals surface area (Å²) in [5.41, 5.74) is -1.23. The van der Waals surface area contributed by atoms with Crippen molar-refractivity contribution in [1.82, 2.24) is 0 Å². The number of benzene rings is 1. The summed E-state index contributed by atoms with van der Waals surface area (Å²) in [6.07, 6.45) is 0.729. The van der Waals surface area contributed by atoms with Gasteiger partial charge in [0.05, 0.1) is 14.2 Å². The first-order valence-corrected chi connectivity index (χ1v) is 6.82. The van der Waals surface area contributed by atoms with E-state index in [0.29, 0.717) is 12.2 Å². The summed E-state index contributed by atoms with van der Waals surface area (Å²) in [6, 6.07) is 7.22. The van der Waals surface area contributed by atoms with E-state index in [1.165, 1.54) is 7.11 Å². The Bertz CT molecular complexity index is 546. The number of rotatable bonds is 4. The van der Waals surface area contributed by atoms with Crippen molar-refractivity contribution in [3.63, 3.8) is 0 Å². The highest BCUT2D eigenvalue weighted by Crippen LogP contribution is 2.50. The third-order valence-electron chi connectivity index (χ3n) is 4.23. The second-order valence-corrected chi connectivity index (χ2v) is 5.65. The highest BCUT2D eigenvalue weighted by atomic mass is 16.6. The molecule has 5 nitrogen and oxygen atoms in total. The molecule has 0 amide bonds. The molecule has 0 saturated carbocycles. The molecule has 0 unspecified atom stereocenters. The van der Waals surface area contributed by atoms with Gasteiger partial charge in [0.25, 0.3) is 0 Å². The predicted molar refractivity (Wildman–Crippen MR) is 75.8 cm³/mol. The Balaban J connectivity index is 2.51. The fraction of sp³-hybridized carbons (Fsp3) is 0.500. The zero-order valence-corrected chi connectivity index (χ0v) is 12.8. The van der Waals surface area contributed by atoms with E-state index in [1.807, 2.05) is 12.1 Å². The van der Waals surface area contributed by atoms with Crippen LogP contribution in [-0.2, 0) is 24.7 Å². The standard InChI is InChI=1S/C16H20O5/c1-15(2,14(18)20-4)16(10-9-13(17)21-16)11-5-7-12(19-3)8-6-11/h5-8H,9-10H2,1-4H3/t16-/m0/s1. The van der Waals surface area contributed by atoms with Crippen molar-refractivity contribution in [3.8, 4) is 5.75 Å². The van der Waals surface area contributed by atoms with E-state index in [-0.39, 0.29) is 12.4 Å². The van der Waals surface area contributed by atoms with Gasteiger partial charge < -0.3 is 14.2 Å². The number of cyclic esters (lactones) is 1. The molecule has 1 aliphatic heterocycles. The Morgan fingerprint density at radius 3 is 2.29 bits per heavy atom. The van der Waals surface area contributed by atoms with Crippen molar-refractivity contribution in [3.05, 3.63) is 29.8 Å². The van der Waals surface area contributed by atoms with E-state index in [4.69, 9.17) is 14.2 Å². The van der Waals surface area contributed by atoms with Gasteiger partial charge in [0, 0.05) is 12.8 Å². The molecule has 21 heavy (non-hydrogen) atoms. The molecule has 1 heterocycles. The van der Waals surface area contributed by atoms with Gasteiger partial charge in [-0.05, 0) is 31.5 Å². The maximum atomic E-state index is 12.2. The lowest BCUT2D eigenvalue weighted by Crippen LogP contribution is -2.47. The van der Waals surface area contributed by atoms with Gasteiger partial charge in [-0.15, -0.1) is 0 Å². The minimum absolute atomic E-state index is 0.284. The van der Waals surface area contributed by atoms with E-state index in [1.54, 1.807) is 33.1 Å². The highest BCUT2D eigenvalue weighted by molar-refractivity contribution is 5.81. The van der Waals surface area contributed by atoms with Crippen LogP contribution in [0.2, 0.25) is 0 Å². The molecule has 2 rings (SSSR count). The van der Waals surface area contributed by atoms with Gasteiger partial charge in [-0.3, -0.25) is 9.59 Å². The lowest BCUT2D eigenvalue weighted by Gasteiger charge is -2.40. The topological polar surface area (TPSA) is 61.8 Å². The Morgan fingerprint density at radius 2 is 1.86 bits per heavy atom. The molecule has 1 atom stereocenters. The molecule has 0 aliphatic carbocycles. The number of methoxy groups -OCH3 is 2. The van der Waals surface area contributed by atoms with Crippen LogP contribution in [-0.4, -0.2) is 26.2 Å². The fourth-order valence-electron chi connectivity index (χ4n) is 2.86. The Kier molecular flexibility index (Phi) is 3.94. The monoisotopic (exact) mass is 292 g/mol. The maximum Gasteiger partial charge on any atom is 0.315 e. The highest BCUT2D eigenvalue weighted by Gasteiger charge is 2.57. The molecule has 0 aromatic heterocycles. The number of carbonyl (C=O) groups is 2. The van der Waals surface area contributed by atoms with Gasteiger partial charge in [0.2, 0.25) is 0 Å². The summed E-state index contributed by atoms with van der Waals surface area (Å²) >= 11 is 0. The molecular weight excluding hydrogens is 272 g/mol. The normalized spacial score (nSPS) is 21.8. The van der Waals surface area contributed by atoms with E-state index < -0.39 is 17.0 Å². The van der Waals surface area contributed by atoms with Crippen LogP contribution in [0, 0.1) is 5.41 Å². The van der Waals surface area contributed by atoms with E-state index >= 15 is 0 Å². The average molecular weight is 292 g/mol. The smallest absolute Gasteiger partial charge is 0.315 e. The third kappa shape index (κ3) is 2.37. The zero-order chi connectivity index (χ0) is 15.7. The van der Waals surface area contributed by atoms with Gasteiger partial charge in [-0.25, -0.2) is 0 Å². The van der Waals surface area contributed by atoms with E-state index in [0.717, 1.165) is 5.56 Å². The van der Waals surface area contributed by atoms with Crippen LogP contribution in [0.5, 0.6) is 5.75 Å². The van der Waals surface area contributed by atoms with Crippen LogP contribution in [0.3, 0.4) is 0 Å². The maximum absolute atomic E-state index is 12.2. The van der Waals surface area contributed by atoms with Crippen molar-refractivity contribution in [2.75, 3.05) is 14.2 Å².